The van der Waals surface area contributed by atoms with Gasteiger partial charge < -0.3 is 19.7 Å². The van der Waals surface area contributed by atoms with Gasteiger partial charge in [-0.05, 0) is 82.2 Å². The second-order valence-electron chi connectivity index (χ2n) is 8.32. The van der Waals surface area contributed by atoms with Crippen LogP contribution in [0, 0.1) is 0 Å². The highest BCUT2D eigenvalue weighted by Crippen LogP contribution is 2.30. The number of halogens is 2. The third-order valence-corrected chi connectivity index (χ3v) is 6.11. The van der Waals surface area contributed by atoms with Gasteiger partial charge in [-0.1, -0.05) is 62.0 Å². The Bertz CT molecular complexity index is 809. The van der Waals surface area contributed by atoms with Crippen molar-refractivity contribution in [2.75, 3.05) is 32.8 Å². The lowest BCUT2D eigenvalue weighted by molar-refractivity contribution is 0.261. The van der Waals surface area contributed by atoms with E-state index in [-0.39, 0.29) is 0 Å². The quantitative estimate of drug-likeness (QED) is 0.233. The average Bonchev–Trinajstić information content (AvgIpc) is 2.80. The normalized spacial score (nSPS) is 11.2. The zero-order valence-electron chi connectivity index (χ0n) is 20.5. The molecule has 184 valence electrons. The summed E-state index contributed by atoms with van der Waals surface area (Å²) in [7, 11) is 0. The molecule has 0 aliphatic carbocycles. The Hall–Kier alpha value is -1.46. The van der Waals surface area contributed by atoms with Crippen molar-refractivity contribution in [2.45, 2.75) is 66.0 Å². The molecule has 0 fully saturated rings. The Morgan fingerprint density at radius 3 is 2.21 bits per heavy atom. The van der Waals surface area contributed by atoms with E-state index in [1.54, 1.807) is 6.07 Å². The van der Waals surface area contributed by atoms with Gasteiger partial charge in [-0.3, -0.25) is 0 Å². The predicted octanol–water partition coefficient (Wildman–Crippen LogP) is 7.35. The summed E-state index contributed by atoms with van der Waals surface area (Å²) >= 11 is 12.2. The summed E-state index contributed by atoms with van der Waals surface area (Å²) in [5, 5.41) is 4.79. The molecule has 6 heteroatoms. The van der Waals surface area contributed by atoms with Crippen molar-refractivity contribution in [1.29, 1.82) is 0 Å². The number of unbranched alkanes of at least 4 members (excludes halogenated alkanes) is 2. The molecule has 2 aromatic carbocycles. The van der Waals surface area contributed by atoms with Gasteiger partial charge in [-0.25, -0.2) is 0 Å². The van der Waals surface area contributed by atoms with Crippen molar-refractivity contribution in [1.82, 2.24) is 10.2 Å². The van der Waals surface area contributed by atoms with E-state index in [1.807, 2.05) is 25.1 Å². The molecule has 0 unspecified atom stereocenters. The Kier molecular flexibility index (Phi) is 13.7. The third kappa shape index (κ3) is 10.6. The van der Waals surface area contributed by atoms with Crippen LogP contribution in [0.3, 0.4) is 0 Å². The van der Waals surface area contributed by atoms with Crippen molar-refractivity contribution in [2.24, 2.45) is 0 Å². The first-order chi connectivity index (χ1) is 16.1. The van der Waals surface area contributed by atoms with Crippen LogP contribution in [-0.4, -0.2) is 37.7 Å². The topological polar surface area (TPSA) is 33.7 Å². The van der Waals surface area contributed by atoms with E-state index in [2.05, 4.69) is 36.2 Å². The third-order valence-electron chi connectivity index (χ3n) is 5.52. The number of rotatable bonds is 17. The van der Waals surface area contributed by atoms with Crippen molar-refractivity contribution >= 4 is 23.2 Å². The van der Waals surface area contributed by atoms with Gasteiger partial charge >= 0.3 is 0 Å². The number of hydrogen-bond acceptors (Lipinski definition) is 4. The average molecular weight is 496 g/mol. The monoisotopic (exact) mass is 494 g/mol. The van der Waals surface area contributed by atoms with E-state index < -0.39 is 0 Å². The van der Waals surface area contributed by atoms with Crippen LogP contribution in [0.4, 0.5) is 0 Å². The first-order valence-corrected chi connectivity index (χ1v) is 13.1. The predicted molar refractivity (Wildman–Crippen MR) is 141 cm³/mol. The molecule has 0 spiro atoms. The summed E-state index contributed by atoms with van der Waals surface area (Å²) in [5.41, 5.74) is 2.07. The van der Waals surface area contributed by atoms with E-state index in [1.165, 1.54) is 44.3 Å². The van der Waals surface area contributed by atoms with Crippen LogP contribution in [0.5, 0.6) is 11.5 Å². The summed E-state index contributed by atoms with van der Waals surface area (Å²) < 4.78 is 11.8. The number of ether oxygens (including phenoxy) is 2. The summed E-state index contributed by atoms with van der Waals surface area (Å²) in [6, 6.07) is 11.6. The molecular weight excluding hydrogens is 455 g/mol. The molecule has 1 N–H and O–H groups in total. The maximum Gasteiger partial charge on any atom is 0.161 e. The number of benzene rings is 2. The van der Waals surface area contributed by atoms with E-state index in [0.717, 1.165) is 37.4 Å². The highest BCUT2D eigenvalue weighted by molar-refractivity contribution is 6.35. The van der Waals surface area contributed by atoms with Crippen LogP contribution >= 0.6 is 23.2 Å². The lowest BCUT2D eigenvalue weighted by Gasteiger charge is -2.22. The fourth-order valence-corrected chi connectivity index (χ4v) is 4.07. The molecule has 0 saturated carbocycles. The van der Waals surface area contributed by atoms with E-state index in [9.17, 15) is 0 Å². The van der Waals surface area contributed by atoms with E-state index >= 15 is 0 Å². The standard InChI is InChI=1S/C27H40Cl2N2O2/c1-4-7-15-31(16-8-5-2)17-9-14-30-20-22-10-13-26(27(18-22)32-6-3)33-21-23-11-12-24(28)19-25(23)29/h10-13,18-19,30H,4-9,14-17,20-21H2,1-3H3. The number of nitrogens with one attached hydrogen (secondary N) is 1. The van der Waals surface area contributed by atoms with Crippen molar-refractivity contribution in [3.05, 3.63) is 57.6 Å². The molecule has 4 nitrogen and oxygen atoms in total. The smallest absolute Gasteiger partial charge is 0.161 e. The molecule has 33 heavy (non-hydrogen) atoms. The van der Waals surface area contributed by atoms with Crippen LogP contribution in [0.25, 0.3) is 0 Å². The van der Waals surface area contributed by atoms with Gasteiger partial charge in [0.05, 0.1) is 6.61 Å². The molecule has 0 aromatic heterocycles. The van der Waals surface area contributed by atoms with Gasteiger partial charge in [0.25, 0.3) is 0 Å². The second-order valence-corrected chi connectivity index (χ2v) is 9.16. The summed E-state index contributed by atoms with van der Waals surface area (Å²) in [4.78, 5) is 2.61. The SMILES string of the molecule is CCCCN(CCCC)CCCNCc1ccc(OCc2ccc(Cl)cc2Cl)c(OCC)c1. The highest BCUT2D eigenvalue weighted by atomic mass is 35.5. The summed E-state index contributed by atoms with van der Waals surface area (Å²) in [6.07, 6.45) is 6.26. The minimum Gasteiger partial charge on any atom is -0.490 e. The minimum absolute atomic E-state index is 0.361. The van der Waals surface area contributed by atoms with E-state index in [4.69, 9.17) is 32.7 Å². The van der Waals surface area contributed by atoms with Crippen LogP contribution in [0.15, 0.2) is 36.4 Å². The molecule has 0 saturated heterocycles. The fourth-order valence-electron chi connectivity index (χ4n) is 3.60. The molecule has 0 aliphatic heterocycles. The lowest BCUT2D eigenvalue weighted by Crippen LogP contribution is -2.29. The van der Waals surface area contributed by atoms with Crippen LogP contribution in [0.2, 0.25) is 10.0 Å². The Morgan fingerprint density at radius 1 is 0.818 bits per heavy atom. The minimum atomic E-state index is 0.361. The molecule has 0 bridgehead atoms. The van der Waals surface area contributed by atoms with Gasteiger partial charge in [0.15, 0.2) is 11.5 Å². The zero-order chi connectivity index (χ0) is 23.9. The first kappa shape index (κ1) is 27.8. The molecule has 0 aliphatic rings. The Balaban J connectivity index is 1.83. The summed E-state index contributed by atoms with van der Waals surface area (Å²) in [6.45, 7) is 12.9. The Labute approximate surface area is 210 Å². The fraction of sp³-hybridized carbons (Fsp3) is 0.556. The lowest BCUT2D eigenvalue weighted by atomic mass is 10.2. The molecule has 0 amide bonds. The van der Waals surface area contributed by atoms with E-state index in [0.29, 0.717) is 29.0 Å². The van der Waals surface area contributed by atoms with Crippen molar-refractivity contribution in [3.63, 3.8) is 0 Å². The Morgan fingerprint density at radius 2 is 1.55 bits per heavy atom. The van der Waals surface area contributed by atoms with Crippen molar-refractivity contribution < 1.29 is 9.47 Å². The molecule has 0 atom stereocenters. The van der Waals surface area contributed by atoms with Gasteiger partial charge in [0.2, 0.25) is 0 Å². The van der Waals surface area contributed by atoms with Crippen LogP contribution < -0.4 is 14.8 Å². The maximum absolute atomic E-state index is 6.27. The van der Waals surface area contributed by atoms with Crippen LogP contribution in [-0.2, 0) is 13.2 Å². The van der Waals surface area contributed by atoms with Gasteiger partial charge in [-0.15, -0.1) is 0 Å². The first-order valence-electron chi connectivity index (χ1n) is 12.3. The zero-order valence-corrected chi connectivity index (χ0v) is 22.0. The molecule has 0 heterocycles. The highest BCUT2D eigenvalue weighted by Gasteiger charge is 2.09. The molecule has 0 radical (unpaired) electrons. The van der Waals surface area contributed by atoms with Crippen molar-refractivity contribution in [3.8, 4) is 11.5 Å². The molecule has 2 aromatic rings. The number of nitrogens with zero attached hydrogens (tertiary/aromatic N) is 1. The van der Waals surface area contributed by atoms with Gasteiger partial charge in [0.1, 0.15) is 6.61 Å². The summed E-state index contributed by atoms with van der Waals surface area (Å²) in [5.74, 6) is 1.47. The van der Waals surface area contributed by atoms with Gasteiger partial charge in [0, 0.05) is 22.2 Å². The van der Waals surface area contributed by atoms with Gasteiger partial charge in [-0.2, -0.15) is 0 Å². The largest absolute Gasteiger partial charge is 0.490 e. The number of hydrogen-bond donors (Lipinski definition) is 1. The second kappa shape index (κ2) is 16.2. The maximum atomic E-state index is 6.27. The molecule has 2 rings (SSSR count). The van der Waals surface area contributed by atoms with Crippen LogP contribution in [0.1, 0.15) is 64.0 Å². The molecular formula is C27H40Cl2N2O2.